The average molecular weight is 423 g/mol. The van der Waals surface area contributed by atoms with Gasteiger partial charge in [-0.1, -0.05) is 36.8 Å². The molecule has 0 bridgehead atoms. The van der Waals surface area contributed by atoms with Gasteiger partial charge in [0.1, 0.15) is 5.00 Å². The van der Waals surface area contributed by atoms with Gasteiger partial charge in [-0.3, -0.25) is 9.69 Å². The minimum atomic E-state index is -0.197. The summed E-state index contributed by atoms with van der Waals surface area (Å²) in [4.78, 5) is 16.6. The molecule has 0 spiro atoms. The van der Waals surface area contributed by atoms with E-state index in [0.717, 1.165) is 24.0 Å². The van der Waals surface area contributed by atoms with E-state index in [9.17, 15) is 4.79 Å². The van der Waals surface area contributed by atoms with Crippen molar-refractivity contribution in [1.82, 2.24) is 4.90 Å². The molecule has 1 saturated heterocycles. The Kier molecular flexibility index (Phi) is 6.11. The molecule has 4 nitrogen and oxygen atoms in total. The molecule has 158 valence electrons. The number of nitrogens with zero attached hydrogens (tertiary/aromatic N) is 1. The van der Waals surface area contributed by atoms with Gasteiger partial charge in [0.25, 0.3) is 5.91 Å². The van der Waals surface area contributed by atoms with Crippen molar-refractivity contribution in [3.63, 3.8) is 0 Å². The molecule has 0 unspecified atom stereocenters. The molecule has 5 heteroatoms. The van der Waals surface area contributed by atoms with Crippen LogP contribution in [0.2, 0.25) is 0 Å². The molecule has 4 rings (SSSR count). The Hall–Kier alpha value is -2.37. The van der Waals surface area contributed by atoms with Gasteiger partial charge in [0.2, 0.25) is 0 Å². The molecule has 1 aliphatic rings. The zero-order valence-corrected chi connectivity index (χ0v) is 19.0. The Bertz CT molecular complexity index is 997. The van der Waals surface area contributed by atoms with Crippen molar-refractivity contribution in [2.45, 2.75) is 46.6 Å². The molecule has 1 fully saturated rings. The van der Waals surface area contributed by atoms with Crippen molar-refractivity contribution < 1.29 is 9.21 Å². The lowest BCUT2D eigenvalue weighted by molar-refractivity contribution is 0.0996. The molecule has 1 amide bonds. The third kappa shape index (κ3) is 4.23. The van der Waals surface area contributed by atoms with E-state index in [-0.39, 0.29) is 11.9 Å². The van der Waals surface area contributed by atoms with Gasteiger partial charge in [-0.25, -0.2) is 0 Å². The summed E-state index contributed by atoms with van der Waals surface area (Å²) >= 11 is 1.66. The second-order valence-electron chi connectivity index (χ2n) is 8.49. The van der Waals surface area contributed by atoms with Crippen molar-refractivity contribution in [2.24, 2.45) is 5.92 Å². The van der Waals surface area contributed by atoms with E-state index in [2.05, 4.69) is 62.2 Å². The maximum atomic E-state index is 12.8. The third-order valence-electron chi connectivity index (χ3n) is 6.25. The molecule has 3 heterocycles. The molecule has 0 radical (unpaired) electrons. The van der Waals surface area contributed by atoms with Crippen LogP contribution in [0.4, 0.5) is 5.00 Å². The quantitative estimate of drug-likeness (QED) is 0.522. The number of likely N-dealkylation sites (tertiary alicyclic amines) is 1. The summed E-state index contributed by atoms with van der Waals surface area (Å²) in [5.41, 5.74) is 5.02. The van der Waals surface area contributed by atoms with Gasteiger partial charge in [-0.05, 0) is 75.9 Å². The first-order valence-corrected chi connectivity index (χ1v) is 11.5. The predicted octanol–water partition coefficient (Wildman–Crippen LogP) is 6.34. The van der Waals surface area contributed by atoms with E-state index < -0.39 is 0 Å². The highest BCUT2D eigenvalue weighted by Crippen LogP contribution is 2.43. The molecule has 0 saturated carbocycles. The van der Waals surface area contributed by atoms with E-state index in [4.69, 9.17) is 4.42 Å². The van der Waals surface area contributed by atoms with Gasteiger partial charge in [0.05, 0.1) is 12.3 Å². The smallest absolute Gasteiger partial charge is 0.291 e. The number of amides is 1. The van der Waals surface area contributed by atoms with Gasteiger partial charge >= 0.3 is 0 Å². The Morgan fingerprint density at radius 1 is 1.13 bits per heavy atom. The topological polar surface area (TPSA) is 45.5 Å². The molecule has 1 N–H and O–H groups in total. The van der Waals surface area contributed by atoms with Crippen molar-refractivity contribution in [1.29, 1.82) is 0 Å². The SMILES string of the molecule is Cc1ccc([C@H](c2c(NC(=O)c3ccco3)sc(C)c2C)N2CCC(C)CC2)cc1. The lowest BCUT2D eigenvalue weighted by Crippen LogP contribution is -2.37. The lowest BCUT2D eigenvalue weighted by atomic mass is 9.90. The van der Waals surface area contributed by atoms with Gasteiger partial charge in [0.15, 0.2) is 5.76 Å². The number of hydrogen-bond donors (Lipinski definition) is 1. The lowest BCUT2D eigenvalue weighted by Gasteiger charge is -2.38. The summed E-state index contributed by atoms with van der Waals surface area (Å²) in [5.74, 6) is 0.907. The summed E-state index contributed by atoms with van der Waals surface area (Å²) < 4.78 is 5.31. The molecule has 2 aromatic heterocycles. The standard InChI is InChI=1S/C25H30N2O2S/c1-16-7-9-20(10-8-16)23(27-13-11-17(2)12-14-27)22-18(3)19(4)30-25(22)26-24(28)21-6-5-15-29-21/h5-10,15,17,23H,11-14H2,1-4H3,(H,26,28)/t23-/m1/s1. The van der Waals surface area contributed by atoms with Crippen molar-refractivity contribution in [2.75, 3.05) is 18.4 Å². The number of benzene rings is 1. The molecular formula is C25H30N2O2S. The Morgan fingerprint density at radius 3 is 2.47 bits per heavy atom. The molecule has 1 aliphatic heterocycles. The van der Waals surface area contributed by atoms with Crippen LogP contribution in [-0.4, -0.2) is 23.9 Å². The summed E-state index contributed by atoms with van der Waals surface area (Å²) in [6, 6.07) is 12.4. The van der Waals surface area contributed by atoms with E-state index in [1.807, 2.05) is 0 Å². The monoisotopic (exact) mass is 422 g/mol. The molecule has 3 aromatic rings. The van der Waals surface area contributed by atoms with Gasteiger partial charge < -0.3 is 9.73 Å². The van der Waals surface area contributed by atoms with Crippen LogP contribution >= 0.6 is 11.3 Å². The van der Waals surface area contributed by atoms with Crippen molar-refractivity contribution in [3.8, 4) is 0 Å². The van der Waals surface area contributed by atoms with Crippen molar-refractivity contribution in [3.05, 3.63) is 75.6 Å². The second kappa shape index (κ2) is 8.78. The Morgan fingerprint density at radius 2 is 1.83 bits per heavy atom. The fourth-order valence-corrected chi connectivity index (χ4v) is 5.32. The number of piperidine rings is 1. The first-order valence-electron chi connectivity index (χ1n) is 10.7. The first kappa shape index (κ1) is 20.9. The molecular weight excluding hydrogens is 392 g/mol. The van der Waals surface area contributed by atoms with E-state index in [0.29, 0.717) is 5.76 Å². The van der Waals surface area contributed by atoms with E-state index >= 15 is 0 Å². The number of rotatable bonds is 5. The predicted molar refractivity (Wildman–Crippen MR) is 123 cm³/mol. The maximum absolute atomic E-state index is 12.8. The Balaban J connectivity index is 1.76. The molecule has 1 atom stereocenters. The highest BCUT2D eigenvalue weighted by atomic mass is 32.1. The highest BCUT2D eigenvalue weighted by molar-refractivity contribution is 7.16. The summed E-state index contributed by atoms with van der Waals surface area (Å²) in [6.07, 6.45) is 3.95. The number of thiophene rings is 1. The molecule has 0 aliphatic carbocycles. The fourth-order valence-electron chi connectivity index (χ4n) is 4.23. The number of anilines is 1. The highest BCUT2D eigenvalue weighted by Gasteiger charge is 2.31. The summed E-state index contributed by atoms with van der Waals surface area (Å²) in [5, 5.41) is 4.07. The number of carbonyl (C=O) groups is 1. The Labute approximate surface area is 182 Å². The maximum Gasteiger partial charge on any atom is 0.291 e. The van der Waals surface area contributed by atoms with Gasteiger partial charge in [-0.15, -0.1) is 11.3 Å². The van der Waals surface area contributed by atoms with Crippen LogP contribution in [0.1, 0.15) is 63.5 Å². The molecule has 1 aromatic carbocycles. The summed E-state index contributed by atoms with van der Waals surface area (Å²) in [7, 11) is 0. The largest absolute Gasteiger partial charge is 0.459 e. The zero-order chi connectivity index (χ0) is 21.3. The van der Waals surface area contributed by atoms with Crippen LogP contribution < -0.4 is 5.32 Å². The van der Waals surface area contributed by atoms with Gasteiger partial charge in [-0.2, -0.15) is 0 Å². The van der Waals surface area contributed by atoms with Crippen LogP contribution in [-0.2, 0) is 0 Å². The zero-order valence-electron chi connectivity index (χ0n) is 18.2. The van der Waals surface area contributed by atoms with Crippen LogP contribution in [0.3, 0.4) is 0 Å². The molecule has 30 heavy (non-hydrogen) atoms. The van der Waals surface area contributed by atoms with E-state index in [1.165, 1.54) is 46.2 Å². The number of furan rings is 1. The average Bonchev–Trinajstić information content (AvgIpc) is 3.36. The van der Waals surface area contributed by atoms with Gasteiger partial charge in [0, 0.05) is 10.4 Å². The number of carbonyl (C=O) groups excluding carboxylic acids is 1. The van der Waals surface area contributed by atoms with Crippen LogP contribution in [0.25, 0.3) is 0 Å². The summed E-state index contributed by atoms with van der Waals surface area (Å²) in [6.45, 7) is 10.9. The van der Waals surface area contributed by atoms with Crippen LogP contribution in [0.15, 0.2) is 47.1 Å². The van der Waals surface area contributed by atoms with E-state index in [1.54, 1.807) is 23.5 Å². The van der Waals surface area contributed by atoms with Crippen molar-refractivity contribution >= 4 is 22.2 Å². The second-order valence-corrected chi connectivity index (χ2v) is 9.71. The normalized spacial score (nSPS) is 16.5. The number of hydrogen-bond acceptors (Lipinski definition) is 4. The van der Waals surface area contributed by atoms with Crippen LogP contribution in [0.5, 0.6) is 0 Å². The number of nitrogens with one attached hydrogen (secondary N) is 1. The van der Waals surface area contributed by atoms with Crippen LogP contribution in [0, 0.1) is 26.7 Å². The third-order valence-corrected chi connectivity index (χ3v) is 7.39. The fraction of sp³-hybridized carbons (Fsp3) is 0.400. The minimum absolute atomic E-state index is 0.134. The minimum Gasteiger partial charge on any atom is -0.459 e. The first-order chi connectivity index (χ1) is 14.4. The number of aryl methyl sites for hydroxylation is 2.